The first-order chi connectivity index (χ1) is 11.8. The number of hydrogen-bond donors (Lipinski definition) is 2. The highest BCUT2D eigenvalue weighted by Crippen LogP contribution is 2.16. The number of nitrogens with zero attached hydrogens (tertiary/aromatic N) is 1. The Morgan fingerprint density at radius 2 is 1.50 bits per heavy atom. The molecule has 1 aliphatic rings. The molecule has 3 heteroatoms. The van der Waals surface area contributed by atoms with Crippen LogP contribution in [0.5, 0.6) is 0 Å². The summed E-state index contributed by atoms with van der Waals surface area (Å²) < 4.78 is 0. The number of unbranched alkanes of at least 4 members (excludes halogenated alkanes) is 11. The monoisotopic (exact) mass is 335 g/mol. The Hall–Kier alpha value is -0.960. The zero-order valence-electron chi connectivity index (χ0n) is 16.2. The Morgan fingerprint density at radius 3 is 2.04 bits per heavy atom. The third-order valence-corrected chi connectivity index (χ3v) is 4.95. The van der Waals surface area contributed by atoms with Crippen molar-refractivity contribution in [3.05, 3.63) is 24.6 Å². The largest absolute Gasteiger partial charge is 0.370 e. The first-order valence-electron chi connectivity index (χ1n) is 10.3. The molecule has 1 aliphatic heterocycles. The highest BCUT2D eigenvalue weighted by molar-refractivity contribution is 4.95. The summed E-state index contributed by atoms with van der Waals surface area (Å²) in [7, 11) is 0. The number of allylic oxidation sites excluding steroid dienone is 2. The predicted octanol–water partition coefficient (Wildman–Crippen LogP) is 5.64. The van der Waals surface area contributed by atoms with Gasteiger partial charge in [-0.1, -0.05) is 69.9 Å². The van der Waals surface area contributed by atoms with Gasteiger partial charge in [0, 0.05) is 12.4 Å². The van der Waals surface area contributed by atoms with Gasteiger partial charge in [0.05, 0.1) is 12.3 Å². The lowest BCUT2D eigenvalue weighted by molar-refractivity contribution is 0.208. The van der Waals surface area contributed by atoms with Crippen molar-refractivity contribution in [1.29, 1.82) is 0 Å². The fraction of sp³-hybridized carbons (Fsp3) is 0.810. The molecule has 2 unspecified atom stereocenters. The minimum Gasteiger partial charge on any atom is -0.370 e. The lowest BCUT2D eigenvalue weighted by atomic mass is 10.0. The van der Waals surface area contributed by atoms with Crippen molar-refractivity contribution in [3.8, 4) is 0 Å². The Balaban J connectivity index is 1.79. The van der Waals surface area contributed by atoms with E-state index in [1.54, 1.807) is 0 Å². The van der Waals surface area contributed by atoms with Crippen LogP contribution in [0.1, 0.15) is 97.3 Å². The van der Waals surface area contributed by atoms with Gasteiger partial charge in [0.1, 0.15) is 0 Å². The van der Waals surface area contributed by atoms with E-state index >= 15 is 0 Å². The van der Waals surface area contributed by atoms with Crippen molar-refractivity contribution in [2.45, 2.75) is 110 Å². The first kappa shape index (κ1) is 21.1. The van der Waals surface area contributed by atoms with Crippen molar-refractivity contribution in [2.24, 2.45) is 5.73 Å². The molecule has 24 heavy (non-hydrogen) atoms. The zero-order chi connectivity index (χ0) is 17.5. The van der Waals surface area contributed by atoms with E-state index in [1.807, 2.05) is 13.1 Å². The normalized spacial score (nSPS) is 18.5. The van der Waals surface area contributed by atoms with Gasteiger partial charge in [-0.15, -0.1) is 0 Å². The van der Waals surface area contributed by atoms with Crippen LogP contribution in [0.2, 0.25) is 0 Å². The van der Waals surface area contributed by atoms with E-state index in [-0.39, 0.29) is 6.17 Å². The Kier molecular flexibility index (Phi) is 12.6. The Bertz CT molecular complexity index is 336. The topological polar surface area (TPSA) is 41.3 Å². The van der Waals surface area contributed by atoms with Crippen LogP contribution in [0.3, 0.4) is 0 Å². The summed E-state index contributed by atoms with van der Waals surface area (Å²) in [5.74, 6) is 0. The van der Waals surface area contributed by atoms with E-state index in [0.29, 0.717) is 6.17 Å². The summed E-state index contributed by atoms with van der Waals surface area (Å²) in [5.41, 5.74) is 5.97. The number of rotatable bonds is 15. The molecular formula is C21H41N3. The first-order valence-corrected chi connectivity index (χ1v) is 10.3. The molecular weight excluding hydrogens is 294 g/mol. The van der Waals surface area contributed by atoms with Crippen LogP contribution in [0.4, 0.5) is 0 Å². The maximum absolute atomic E-state index is 5.97. The van der Waals surface area contributed by atoms with Gasteiger partial charge in [0.2, 0.25) is 0 Å². The molecule has 140 valence electrons. The van der Waals surface area contributed by atoms with Crippen LogP contribution in [-0.4, -0.2) is 17.2 Å². The molecule has 0 spiro atoms. The third kappa shape index (κ3) is 10.0. The van der Waals surface area contributed by atoms with E-state index in [9.17, 15) is 0 Å². The fourth-order valence-corrected chi connectivity index (χ4v) is 3.44. The maximum Gasteiger partial charge on any atom is 0.0995 e. The van der Waals surface area contributed by atoms with Crippen LogP contribution in [-0.2, 0) is 0 Å². The average Bonchev–Trinajstić information content (AvgIpc) is 3.04. The van der Waals surface area contributed by atoms with Crippen LogP contribution in [0.15, 0.2) is 24.6 Å². The van der Waals surface area contributed by atoms with E-state index < -0.39 is 0 Å². The van der Waals surface area contributed by atoms with E-state index in [1.165, 1.54) is 83.5 Å². The second-order valence-electron chi connectivity index (χ2n) is 7.22. The summed E-state index contributed by atoms with van der Waals surface area (Å²) in [6.45, 7) is 4.16. The minimum absolute atomic E-state index is 0.101. The minimum atomic E-state index is 0.101. The summed E-state index contributed by atoms with van der Waals surface area (Å²) in [5, 5.41) is 3.40. The standard InChI is InChI=1S/C21H41N3/c1-3-4-5-6-7-8-9-10-11-12-13-14-15-16-17-21-23-18-19-24(21)20(2)22/h3-4,18-21,23H,5-17,22H2,1-2H3/b4-3+. The summed E-state index contributed by atoms with van der Waals surface area (Å²) in [6.07, 6.45) is 26.9. The second-order valence-corrected chi connectivity index (χ2v) is 7.22. The van der Waals surface area contributed by atoms with Gasteiger partial charge in [0.15, 0.2) is 0 Å². The van der Waals surface area contributed by atoms with Crippen molar-refractivity contribution < 1.29 is 0 Å². The molecule has 3 nitrogen and oxygen atoms in total. The molecule has 0 amide bonds. The number of hydrogen-bond acceptors (Lipinski definition) is 3. The summed E-state index contributed by atoms with van der Waals surface area (Å²) in [6, 6.07) is 0. The van der Waals surface area contributed by atoms with Gasteiger partial charge in [0.25, 0.3) is 0 Å². The molecule has 1 rings (SSSR count). The van der Waals surface area contributed by atoms with Gasteiger partial charge in [-0.2, -0.15) is 0 Å². The lowest BCUT2D eigenvalue weighted by Gasteiger charge is -2.28. The van der Waals surface area contributed by atoms with Crippen LogP contribution >= 0.6 is 0 Å². The summed E-state index contributed by atoms with van der Waals surface area (Å²) in [4.78, 5) is 2.22. The number of nitrogens with one attached hydrogen (secondary N) is 1. The highest BCUT2D eigenvalue weighted by Gasteiger charge is 2.20. The quantitative estimate of drug-likeness (QED) is 0.300. The SMILES string of the molecule is C/C=C/CCCCCCCCCCCCCC1NC=CN1C(C)N. The Morgan fingerprint density at radius 1 is 0.958 bits per heavy atom. The number of nitrogens with two attached hydrogens (primary N) is 1. The molecule has 0 aromatic rings. The van der Waals surface area contributed by atoms with Crippen LogP contribution in [0, 0.1) is 0 Å². The van der Waals surface area contributed by atoms with Gasteiger partial charge in [-0.05, 0) is 39.5 Å². The van der Waals surface area contributed by atoms with E-state index in [0.717, 1.165) is 0 Å². The van der Waals surface area contributed by atoms with Crippen LogP contribution in [0.25, 0.3) is 0 Å². The lowest BCUT2D eigenvalue weighted by Crippen LogP contribution is -2.44. The molecule has 0 radical (unpaired) electrons. The fourth-order valence-electron chi connectivity index (χ4n) is 3.44. The average molecular weight is 336 g/mol. The van der Waals surface area contributed by atoms with Crippen LogP contribution < -0.4 is 11.1 Å². The van der Waals surface area contributed by atoms with E-state index in [4.69, 9.17) is 5.73 Å². The molecule has 0 bridgehead atoms. The third-order valence-electron chi connectivity index (χ3n) is 4.95. The van der Waals surface area contributed by atoms with Gasteiger partial charge in [-0.3, -0.25) is 0 Å². The zero-order valence-corrected chi connectivity index (χ0v) is 16.2. The molecule has 0 fully saturated rings. The van der Waals surface area contributed by atoms with Gasteiger partial charge >= 0.3 is 0 Å². The van der Waals surface area contributed by atoms with Crippen molar-refractivity contribution in [3.63, 3.8) is 0 Å². The second kappa shape index (κ2) is 14.4. The molecule has 3 N–H and O–H groups in total. The summed E-state index contributed by atoms with van der Waals surface area (Å²) >= 11 is 0. The molecule has 2 atom stereocenters. The Labute approximate surface area is 150 Å². The van der Waals surface area contributed by atoms with Gasteiger partial charge in [-0.25, -0.2) is 0 Å². The molecule has 1 heterocycles. The predicted molar refractivity (Wildman–Crippen MR) is 106 cm³/mol. The molecule has 0 aromatic carbocycles. The van der Waals surface area contributed by atoms with Gasteiger partial charge < -0.3 is 16.0 Å². The van der Waals surface area contributed by atoms with E-state index in [2.05, 4.69) is 35.5 Å². The highest BCUT2D eigenvalue weighted by atomic mass is 15.3. The molecule has 0 saturated heterocycles. The molecule has 0 aliphatic carbocycles. The van der Waals surface area contributed by atoms with Crippen molar-refractivity contribution in [1.82, 2.24) is 10.2 Å². The molecule has 0 saturated carbocycles. The van der Waals surface area contributed by atoms with Crippen molar-refractivity contribution >= 4 is 0 Å². The molecule has 0 aromatic heterocycles. The maximum atomic E-state index is 5.97. The van der Waals surface area contributed by atoms with Crippen molar-refractivity contribution in [2.75, 3.05) is 0 Å². The smallest absolute Gasteiger partial charge is 0.0995 e.